The SMILES string of the molecule is CC(C)c1cccc(C(C)C)c1NC(=O)NC(Cc1ccccc1)C(=O)N1CCCC1. The summed E-state index contributed by atoms with van der Waals surface area (Å²) in [7, 11) is 0. The Morgan fingerprint density at radius 1 is 0.871 bits per heavy atom. The number of anilines is 1. The molecule has 1 atom stereocenters. The van der Waals surface area contributed by atoms with Crippen LogP contribution < -0.4 is 10.6 Å². The van der Waals surface area contributed by atoms with Gasteiger partial charge in [0.2, 0.25) is 5.91 Å². The summed E-state index contributed by atoms with van der Waals surface area (Å²) in [6.45, 7) is 10.0. The maximum absolute atomic E-state index is 13.2. The van der Waals surface area contributed by atoms with Gasteiger partial charge in [0.05, 0.1) is 0 Å². The lowest BCUT2D eigenvalue weighted by Crippen LogP contribution is -2.50. The Hall–Kier alpha value is -2.82. The monoisotopic (exact) mass is 421 g/mol. The highest BCUT2D eigenvalue weighted by Crippen LogP contribution is 2.32. The first-order chi connectivity index (χ1) is 14.9. The van der Waals surface area contributed by atoms with Crippen molar-refractivity contribution >= 4 is 17.6 Å². The molecule has 1 heterocycles. The number of urea groups is 1. The lowest BCUT2D eigenvalue weighted by Gasteiger charge is -2.25. The third-order valence-electron chi connectivity index (χ3n) is 5.92. The minimum atomic E-state index is -0.589. The van der Waals surface area contributed by atoms with E-state index in [0.717, 1.165) is 48.3 Å². The van der Waals surface area contributed by atoms with Crippen LogP contribution in [-0.2, 0) is 11.2 Å². The molecule has 0 bridgehead atoms. The van der Waals surface area contributed by atoms with Gasteiger partial charge in [-0.25, -0.2) is 4.79 Å². The van der Waals surface area contributed by atoms with E-state index in [1.807, 2.05) is 41.3 Å². The summed E-state index contributed by atoms with van der Waals surface area (Å²) in [6.07, 6.45) is 2.53. The van der Waals surface area contributed by atoms with Crippen LogP contribution in [0.25, 0.3) is 0 Å². The zero-order valence-corrected chi connectivity index (χ0v) is 19.2. The summed E-state index contributed by atoms with van der Waals surface area (Å²) < 4.78 is 0. The van der Waals surface area contributed by atoms with Crippen LogP contribution in [0.2, 0.25) is 0 Å². The van der Waals surface area contributed by atoms with Crippen molar-refractivity contribution in [1.82, 2.24) is 10.2 Å². The van der Waals surface area contributed by atoms with E-state index in [4.69, 9.17) is 0 Å². The van der Waals surface area contributed by atoms with Crippen LogP contribution >= 0.6 is 0 Å². The molecule has 31 heavy (non-hydrogen) atoms. The molecule has 1 aliphatic heterocycles. The van der Waals surface area contributed by atoms with Gasteiger partial charge in [0.25, 0.3) is 0 Å². The number of nitrogens with zero attached hydrogens (tertiary/aromatic N) is 1. The molecule has 0 aromatic heterocycles. The smallest absolute Gasteiger partial charge is 0.319 e. The number of carbonyl (C=O) groups excluding carboxylic acids is 2. The lowest BCUT2D eigenvalue weighted by atomic mass is 9.93. The first-order valence-corrected chi connectivity index (χ1v) is 11.4. The standard InChI is InChI=1S/C26H35N3O2/c1-18(2)21-13-10-14-22(19(3)4)24(21)28-26(31)27-23(17-20-11-6-5-7-12-20)25(30)29-15-8-9-16-29/h5-7,10-14,18-19,23H,8-9,15-17H2,1-4H3,(H2,27,28,31). The van der Waals surface area contributed by atoms with Crippen LogP contribution in [0.4, 0.5) is 10.5 Å². The molecule has 0 radical (unpaired) electrons. The molecule has 166 valence electrons. The van der Waals surface area contributed by atoms with Crippen LogP contribution in [0.3, 0.4) is 0 Å². The maximum Gasteiger partial charge on any atom is 0.319 e. The van der Waals surface area contributed by atoms with Gasteiger partial charge in [-0.1, -0.05) is 76.2 Å². The van der Waals surface area contributed by atoms with Gasteiger partial charge in [0.15, 0.2) is 0 Å². The van der Waals surface area contributed by atoms with Crippen LogP contribution in [0.1, 0.15) is 69.1 Å². The predicted octanol–water partition coefficient (Wildman–Crippen LogP) is 5.29. The van der Waals surface area contributed by atoms with Crippen molar-refractivity contribution < 1.29 is 9.59 Å². The van der Waals surface area contributed by atoms with Gasteiger partial charge in [-0.05, 0) is 41.4 Å². The fourth-order valence-electron chi connectivity index (χ4n) is 4.21. The summed E-state index contributed by atoms with van der Waals surface area (Å²) >= 11 is 0. The molecular formula is C26H35N3O2. The van der Waals surface area contributed by atoms with Crippen LogP contribution in [0.5, 0.6) is 0 Å². The fourth-order valence-corrected chi connectivity index (χ4v) is 4.21. The molecule has 2 N–H and O–H groups in total. The third-order valence-corrected chi connectivity index (χ3v) is 5.92. The lowest BCUT2D eigenvalue weighted by molar-refractivity contribution is -0.132. The van der Waals surface area contributed by atoms with E-state index in [2.05, 4.69) is 50.5 Å². The molecule has 1 aliphatic rings. The summed E-state index contributed by atoms with van der Waals surface area (Å²) in [4.78, 5) is 28.1. The first-order valence-electron chi connectivity index (χ1n) is 11.4. The van der Waals surface area contributed by atoms with Crippen molar-refractivity contribution in [3.63, 3.8) is 0 Å². The van der Waals surface area contributed by atoms with Crippen molar-refractivity contribution in [2.24, 2.45) is 0 Å². The third kappa shape index (κ3) is 5.87. The maximum atomic E-state index is 13.2. The van der Waals surface area contributed by atoms with E-state index in [9.17, 15) is 9.59 Å². The molecule has 5 nitrogen and oxygen atoms in total. The second-order valence-electron chi connectivity index (χ2n) is 8.99. The number of likely N-dealkylation sites (tertiary alicyclic amines) is 1. The van der Waals surface area contributed by atoms with Gasteiger partial charge in [0, 0.05) is 25.2 Å². The minimum Gasteiger partial charge on any atom is -0.341 e. The molecular weight excluding hydrogens is 386 g/mol. The summed E-state index contributed by atoms with van der Waals surface area (Å²) in [5.41, 5.74) is 4.10. The second kappa shape index (κ2) is 10.5. The molecule has 2 aromatic rings. The van der Waals surface area contributed by atoms with Gasteiger partial charge >= 0.3 is 6.03 Å². The van der Waals surface area contributed by atoms with Crippen molar-refractivity contribution in [3.8, 4) is 0 Å². The Kier molecular flexibility index (Phi) is 7.72. The molecule has 1 saturated heterocycles. The van der Waals surface area contributed by atoms with Crippen molar-refractivity contribution in [3.05, 3.63) is 65.2 Å². The molecule has 3 amide bonds. The molecule has 0 spiro atoms. The van der Waals surface area contributed by atoms with Gasteiger partial charge < -0.3 is 15.5 Å². The number of nitrogens with one attached hydrogen (secondary N) is 2. The summed E-state index contributed by atoms with van der Waals surface area (Å²) in [5, 5.41) is 6.06. The average molecular weight is 422 g/mol. The highest BCUT2D eigenvalue weighted by atomic mass is 16.2. The van der Waals surface area contributed by atoms with Gasteiger partial charge in [-0.3, -0.25) is 4.79 Å². The van der Waals surface area contributed by atoms with Crippen molar-refractivity contribution in [2.75, 3.05) is 18.4 Å². The van der Waals surface area contributed by atoms with Crippen LogP contribution in [0, 0.1) is 0 Å². The minimum absolute atomic E-state index is 0.00210. The predicted molar refractivity (Wildman–Crippen MR) is 127 cm³/mol. The first kappa shape index (κ1) is 22.9. The molecule has 1 fully saturated rings. The topological polar surface area (TPSA) is 61.4 Å². The van der Waals surface area contributed by atoms with Crippen molar-refractivity contribution in [2.45, 2.75) is 64.8 Å². The Balaban J connectivity index is 1.81. The van der Waals surface area contributed by atoms with Crippen LogP contribution in [-0.4, -0.2) is 36.0 Å². The van der Waals surface area contributed by atoms with E-state index < -0.39 is 6.04 Å². The number of hydrogen-bond donors (Lipinski definition) is 2. The quantitative estimate of drug-likeness (QED) is 0.638. The fraction of sp³-hybridized carbons (Fsp3) is 0.462. The second-order valence-corrected chi connectivity index (χ2v) is 8.99. The molecule has 2 aromatic carbocycles. The van der Waals surface area contributed by atoms with E-state index in [-0.39, 0.29) is 23.8 Å². The van der Waals surface area contributed by atoms with E-state index >= 15 is 0 Å². The summed E-state index contributed by atoms with van der Waals surface area (Å²) in [5.74, 6) is 0.554. The highest BCUT2D eigenvalue weighted by molar-refractivity contribution is 5.95. The normalized spacial score (nSPS) is 14.7. The van der Waals surface area contributed by atoms with E-state index in [1.165, 1.54) is 0 Å². The van der Waals surface area contributed by atoms with Crippen molar-refractivity contribution in [1.29, 1.82) is 0 Å². The molecule has 0 aliphatic carbocycles. The van der Waals surface area contributed by atoms with Gasteiger partial charge in [0.1, 0.15) is 6.04 Å². The van der Waals surface area contributed by atoms with Crippen LogP contribution in [0.15, 0.2) is 48.5 Å². The number of para-hydroxylation sites is 1. The zero-order valence-electron chi connectivity index (χ0n) is 19.2. The molecule has 5 heteroatoms. The Labute approximate surface area is 186 Å². The van der Waals surface area contributed by atoms with E-state index in [0.29, 0.717) is 6.42 Å². The Morgan fingerprint density at radius 3 is 2.00 bits per heavy atom. The van der Waals surface area contributed by atoms with E-state index in [1.54, 1.807) is 0 Å². The molecule has 3 rings (SSSR count). The number of benzene rings is 2. The van der Waals surface area contributed by atoms with Gasteiger partial charge in [-0.2, -0.15) is 0 Å². The zero-order chi connectivity index (χ0) is 22.4. The number of rotatable bonds is 7. The Morgan fingerprint density at radius 2 is 1.45 bits per heavy atom. The largest absolute Gasteiger partial charge is 0.341 e. The Bertz CT molecular complexity index is 861. The highest BCUT2D eigenvalue weighted by Gasteiger charge is 2.28. The van der Waals surface area contributed by atoms with Gasteiger partial charge in [-0.15, -0.1) is 0 Å². The number of amides is 3. The number of carbonyl (C=O) groups is 2. The number of hydrogen-bond acceptors (Lipinski definition) is 2. The molecule has 0 saturated carbocycles. The average Bonchev–Trinajstić information content (AvgIpc) is 3.28. The molecule has 1 unspecified atom stereocenters. The summed E-state index contributed by atoms with van der Waals surface area (Å²) in [6, 6.07) is 15.1.